The molecule has 0 bridgehead atoms. The monoisotopic (exact) mass is 783 g/mol. The average molecular weight is 785 g/mol. The second-order valence-electron chi connectivity index (χ2n) is 12.5. The van der Waals surface area contributed by atoms with Crippen LogP contribution >= 0.6 is 45.9 Å². The van der Waals surface area contributed by atoms with Gasteiger partial charge in [0.15, 0.2) is 0 Å². The van der Waals surface area contributed by atoms with Crippen molar-refractivity contribution in [2.45, 2.75) is 27.7 Å². The Morgan fingerprint density at radius 2 is 1.13 bits per heavy atom. The molecule has 4 heterocycles. The number of thiophene rings is 2. The molecular formula is C38H45Cl2N6O4S2+. The smallest absolute Gasteiger partial charge is 0.261 e. The number of fused-ring (bicyclic) bond motifs is 6. The average Bonchev–Trinajstić information content (AvgIpc) is 3.80. The molecule has 52 heavy (non-hydrogen) atoms. The summed E-state index contributed by atoms with van der Waals surface area (Å²) in [5, 5.41) is 10.1. The number of hydrogen-bond acceptors (Lipinski definition) is 7. The summed E-state index contributed by atoms with van der Waals surface area (Å²) >= 11 is 14.9. The Hall–Kier alpha value is -3.78. The van der Waals surface area contributed by atoms with Gasteiger partial charge in [-0.1, -0.05) is 37.0 Å². The number of benzene rings is 2. The van der Waals surface area contributed by atoms with E-state index in [-0.39, 0.29) is 22.9 Å². The van der Waals surface area contributed by atoms with Gasteiger partial charge in [0, 0.05) is 57.4 Å². The largest absolute Gasteiger partial charge is 0.350 e. The molecule has 0 fully saturated rings. The number of aryl methyl sites for hydroxylation is 2. The zero-order valence-corrected chi connectivity index (χ0v) is 33.5. The van der Waals surface area contributed by atoms with Crippen LogP contribution in [-0.4, -0.2) is 78.2 Å². The van der Waals surface area contributed by atoms with Gasteiger partial charge in [-0.3, -0.25) is 19.2 Å². The van der Waals surface area contributed by atoms with E-state index in [1.54, 1.807) is 59.6 Å². The first-order valence-corrected chi connectivity index (χ1v) is 19.9. The summed E-state index contributed by atoms with van der Waals surface area (Å²) in [5.74, 6) is -0.260. The van der Waals surface area contributed by atoms with Crippen LogP contribution in [0.1, 0.15) is 47.0 Å². The van der Waals surface area contributed by atoms with E-state index in [9.17, 15) is 19.2 Å². The highest BCUT2D eigenvalue weighted by molar-refractivity contribution is 7.22. The van der Waals surface area contributed by atoms with Crippen molar-refractivity contribution in [3.05, 3.63) is 89.0 Å². The number of halogens is 2. The van der Waals surface area contributed by atoms with Gasteiger partial charge in [0.1, 0.15) is 0 Å². The summed E-state index contributed by atoms with van der Waals surface area (Å²) < 4.78 is 4.83. The van der Waals surface area contributed by atoms with Crippen LogP contribution in [0.4, 0.5) is 0 Å². The molecule has 0 saturated carbocycles. The molecule has 276 valence electrons. The Kier molecular flexibility index (Phi) is 13.2. The van der Waals surface area contributed by atoms with Gasteiger partial charge in [-0.15, -0.1) is 22.7 Å². The van der Waals surface area contributed by atoms with Crippen LogP contribution < -0.4 is 26.7 Å². The fourth-order valence-corrected chi connectivity index (χ4v) is 8.78. The Morgan fingerprint density at radius 1 is 0.692 bits per heavy atom. The maximum Gasteiger partial charge on any atom is 0.261 e. The molecule has 0 spiro atoms. The van der Waals surface area contributed by atoms with E-state index < -0.39 is 0 Å². The van der Waals surface area contributed by atoms with Crippen molar-refractivity contribution in [1.29, 1.82) is 0 Å². The molecule has 0 saturated heterocycles. The lowest BCUT2D eigenvalue weighted by atomic mass is 10.1. The van der Waals surface area contributed by atoms with E-state index in [2.05, 4.69) is 43.2 Å². The second kappa shape index (κ2) is 17.4. The van der Waals surface area contributed by atoms with Crippen molar-refractivity contribution in [1.82, 2.24) is 24.7 Å². The fraction of sp³-hybridized carbons (Fsp3) is 0.368. The summed E-state index contributed by atoms with van der Waals surface area (Å²) in [6, 6.07) is 14.4. The van der Waals surface area contributed by atoms with Crippen LogP contribution in [0, 0.1) is 0 Å². The molecule has 2 amide bonds. The fourth-order valence-electron chi connectivity index (χ4n) is 6.25. The molecule has 2 aromatic carbocycles. The number of nitrogens with zero attached hydrogens (tertiary/aromatic N) is 3. The van der Waals surface area contributed by atoms with E-state index >= 15 is 0 Å². The zero-order chi connectivity index (χ0) is 37.7. The number of likely N-dealkylation sites (N-methyl/N-ethyl adjacent to an activating group) is 2. The summed E-state index contributed by atoms with van der Waals surface area (Å²) in [6.45, 7) is 15.4. The lowest BCUT2D eigenvalue weighted by Gasteiger charge is -2.17. The third-order valence-electron chi connectivity index (χ3n) is 9.49. The number of amides is 2. The summed E-state index contributed by atoms with van der Waals surface area (Å²) in [7, 11) is 3.45. The van der Waals surface area contributed by atoms with Gasteiger partial charge in [-0.2, -0.15) is 0 Å². The number of hydrogen-bond donors (Lipinski definition) is 3. The Morgan fingerprint density at radius 3 is 1.56 bits per heavy atom. The van der Waals surface area contributed by atoms with Crippen LogP contribution in [0.2, 0.25) is 10.0 Å². The lowest BCUT2D eigenvalue weighted by molar-refractivity contribution is -0.895. The Bertz CT molecular complexity index is 2210. The maximum absolute atomic E-state index is 12.7. The second-order valence-corrected chi connectivity index (χ2v) is 15.5. The normalized spacial score (nSPS) is 11.6. The van der Waals surface area contributed by atoms with Gasteiger partial charge in [-0.05, 0) is 75.5 Å². The molecule has 4 aromatic heterocycles. The number of carbonyl (C=O) groups excluding carboxylic acids is 2. The third kappa shape index (κ3) is 8.38. The summed E-state index contributed by atoms with van der Waals surface area (Å²) in [4.78, 5) is 55.2. The van der Waals surface area contributed by atoms with Gasteiger partial charge in [-0.25, -0.2) is 0 Å². The van der Waals surface area contributed by atoms with E-state index in [1.807, 2.05) is 12.1 Å². The maximum atomic E-state index is 12.7. The van der Waals surface area contributed by atoms with Gasteiger partial charge in [0.25, 0.3) is 22.9 Å². The molecule has 0 aliphatic carbocycles. The van der Waals surface area contributed by atoms with Crippen LogP contribution in [0.15, 0.2) is 58.1 Å². The van der Waals surface area contributed by atoms with Crippen molar-refractivity contribution in [3.8, 4) is 0 Å². The van der Waals surface area contributed by atoms with Crippen LogP contribution in [0.3, 0.4) is 0 Å². The minimum Gasteiger partial charge on any atom is -0.350 e. The molecular weight excluding hydrogens is 739 g/mol. The number of rotatable bonds is 12. The van der Waals surface area contributed by atoms with Crippen LogP contribution in [-0.2, 0) is 14.1 Å². The minimum atomic E-state index is -0.137. The Labute approximate surface area is 320 Å². The van der Waals surface area contributed by atoms with E-state index in [0.717, 1.165) is 70.5 Å². The zero-order valence-electron chi connectivity index (χ0n) is 30.3. The van der Waals surface area contributed by atoms with E-state index in [1.165, 1.54) is 27.6 Å². The molecule has 0 aliphatic heterocycles. The van der Waals surface area contributed by atoms with Gasteiger partial charge in [0.05, 0.1) is 57.7 Å². The molecule has 10 nitrogen and oxygen atoms in total. The van der Waals surface area contributed by atoms with Crippen molar-refractivity contribution < 1.29 is 14.5 Å². The molecule has 0 radical (unpaired) electrons. The quantitative estimate of drug-likeness (QED) is 0.151. The van der Waals surface area contributed by atoms with Crippen molar-refractivity contribution in [3.63, 3.8) is 0 Å². The molecule has 6 rings (SSSR count). The van der Waals surface area contributed by atoms with Crippen LogP contribution in [0.25, 0.3) is 42.0 Å². The number of quaternary nitrogens is 1. The predicted molar refractivity (Wildman–Crippen MR) is 219 cm³/mol. The van der Waals surface area contributed by atoms with E-state index in [4.69, 9.17) is 23.2 Å². The minimum absolute atomic E-state index is 0.113. The number of aromatic nitrogens is 2. The van der Waals surface area contributed by atoms with Crippen molar-refractivity contribution in [2.75, 3.05) is 52.4 Å². The SMILES string of the molecule is CCN(CC)CCNC(=O)c1cc2c(=O)n(C)c3cc(Cl)ccc3c2s1.CC[NH+](CC)CCNC(=O)c1cc2c(=O)n(C)c3cc(Cl)ccc3c2s1. The van der Waals surface area contributed by atoms with Crippen molar-refractivity contribution >= 4 is 99.7 Å². The van der Waals surface area contributed by atoms with E-state index in [0.29, 0.717) is 43.7 Å². The third-order valence-corrected chi connectivity index (χ3v) is 12.3. The Balaban J connectivity index is 0.000000201. The van der Waals surface area contributed by atoms with Gasteiger partial charge < -0.3 is 29.6 Å². The molecule has 0 aliphatic rings. The first kappa shape index (κ1) is 39.4. The summed E-state index contributed by atoms with van der Waals surface area (Å²) in [6.07, 6.45) is 0. The highest BCUT2D eigenvalue weighted by atomic mass is 35.5. The first-order valence-electron chi connectivity index (χ1n) is 17.5. The predicted octanol–water partition coefficient (Wildman–Crippen LogP) is 5.54. The molecule has 0 atom stereocenters. The number of nitrogens with one attached hydrogen (secondary N) is 3. The highest BCUT2D eigenvalue weighted by Crippen LogP contribution is 2.33. The molecule has 3 N–H and O–H groups in total. The van der Waals surface area contributed by atoms with Gasteiger partial charge in [0.2, 0.25) is 0 Å². The first-order chi connectivity index (χ1) is 24.9. The topological polar surface area (TPSA) is 110 Å². The standard InChI is InChI=1S/2C19H22ClN3O2S/c2*1-4-23(5-2)9-8-21-18(24)16-11-14-17(26-16)13-7-6-12(20)10-15(13)22(3)19(14)25/h2*6-7,10-11H,4-5,8-9H2,1-3H3,(H,21,24)/p+1. The molecule has 6 aromatic rings. The number of pyridine rings is 2. The van der Waals surface area contributed by atoms with Crippen LogP contribution in [0.5, 0.6) is 0 Å². The number of carbonyl (C=O) groups is 2. The van der Waals surface area contributed by atoms with Crippen molar-refractivity contribution in [2.24, 2.45) is 14.1 Å². The summed E-state index contributed by atoms with van der Waals surface area (Å²) in [5.41, 5.74) is 1.31. The molecule has 14 heteroatoms. The van der Waals surface area contributed by atoms with Gasteiger partial charge >= 0.3 is 0 Å². The molecule has 0 unspecified atom stereocenters. The highest BCUT2D eigenvalue weighted by Gasteiger charge is 2.18. The lowest BCUT2D eigenvalue weighted by Crippen LogP contribution is -3.12.